The van der Waals surface area contributed by atoms with Crippen LogP contribution < -0.4 is 10.1 Å². The highest BCUT2D eigenvalue weighted by Crippen LogP contribution is 2.15. The van der Waals surface area contributed by atoms with Crippen LogP contribution in [0.5, 0.6) is 5.75 Å². The normalized spacial score (nSPS) is 10.4. The molecule has 0 unspecified atom stereocenters. The molecule has 0 fully saturated rings. The van der Waals surface area contributed by atoms with Crippen molar-refractivity contribution in [1.82, 2.24) is 5.32 Å². The van der Waals surface area contributed by atoms with E-state index >= 15 is 0 Å². The summed E-state index contributed by atoms with van der Waals surface area (Å²) >= 11 is 5.74. The van der Waals surface area contributed by atoms with E-state index in [0.717, 1.165) is 12.1 Å². The maximum absolute atomic E-state index is 12.1. The minimum Gasteiger partial charge on any atom is -0.455 e. The van der Waals surface area contributed by atoms with Crippen molar-refractivity contribution in [1.29, 1.82) is 0 Å². The van der Waals surface area contributed by atoms with Gasteiger partial charge in [0.05, 0.1) is 6.42 Å². The number of hydrogen-bond donors (Lipinski definition) is 1. The fourth-order valence-electron chi connectivity index (χ4n) is 1.99. The minimum absolute atomic E-state index is 0.0516. The van der Waals surface area contributed by atoms with E-state index in [1.807, 2.05) is 5.32 Å². The average Bonchev–Trinajstić information content (AvgIpc) is 2.62. The molecule has 2 aromatic rings. The minimum atomic E-state index is -2.98. The number of esters is 1. The van der Waals surface area contributed by atoms with E-state index in [1.54, 1.807) is 24.3 Å². The summed E-state index contributed by atoms with van der Waals surface area (Å²) in [6.45, 7) is -3.61. The Morgan fingerprint density at radius 1 is 1.00 bits per heavy atom. The Kier molecular flexibility index (Phi) is 7.25. The highest BCUT2D eigenvalue weighted by molar-refractivity contribution is 6.30. The van der Waals surface area contributed by atoms with Gasteiger partial charge in [0.1, 0.15) is 5.75 Å². The number of carbonyl (C=O) groups excluding carboxylic acids is 3. The highest BCUT2D eigenvalue weighted by Gasteiger charge is 2.13. The van der Waals surface area contributed by atoms with Crippen LogP contribution in [0.3, 0.4) is 0 Å². The van der Waals surface area contributed by atoms with Gasteiger partial charge in [-0.25, -0.2) is 0 Å². The molecule has 2 rings (SSSR count). The SMILES string of the molecule is O=C(COC(=O)Cc1ccc(Cl)cc1)NC(=O)c1ccc(OC(F)F)cc1. The second kappa shape index (κ2) is 9.63. The number of halogens is 3. The fourth-order valence-corrected chi connectivity index (χ4v) is 2.11. The third kappa shape index (κ3) is 7.02. The van der Waals surface area contributed by atoms with Gasteiger partial charge >= 0.3 is 12.6 Å². The summed E-state index contributed by atoms with van der Waals surface area (Å²) in [6, 6.07) is 11.3. The molecule has 9 heteroatoms. The van der Waals surface area contributed by atoms with Crippen molar-refractivity contribution in [2.75, 3.05) is 6.61 Å². The van der Waals surface area contributed by atoms with Crippen LogP contribution in [0.1, 0.15) is 15.9 Å². The van der Waals surface area contributed by atoms with Crippen LogP contribution in [0.2, 0.25) is 5.02 Å². The predicted molar refractivity (Wildman–Crippen MR) is 91.7 cm³/mol. The number of benzene rings is 2. The van der Waals surface area contributed by atoms with Crippen LogP contribution in [0, 0.1) is 0 Å². The Morgan fingerprint density at radius 2 is 1.63 bits per heavy atom. The molecule has 0 aliphatic rings. The first-order valence-electron chi connectivity index (χ1n) is 7.62. The number of ether oxygens (including phenoxy) is 2. The Balaban J connectivity index is 1.78. The summed E-state index contributed by atoms with van der Waals surface area (Å²) < 4.78 is 33.1. The van der Waals surface area contributed by atoms with Crippen molar-refractivity contribution in [2.45, 2.75) is 13.0 Å². The van der Waals surface area contributed by atoms with Gasteiger partial charge < -0.3 is 9.47 Å². The zero-order chi connectivity index (χ0) is 19.8. The standard InChI is InChI=1S/C18H14ClF2NO5/c19-13-5-1-11(2-6-13)9-16(24)26-10-15(23)22-17(25)12-3-7-14(8-4-12)27-18(20)21/h1-8,18H,9-10H2,(H,22,23,25). The lowest BCUT2D eigenvalue weighted by Gasteiger charge is -2.07. The van der Waals surface area contributed by atoms with Gasteiger partial charge in [0.2, 0.25) is 0 Å². The van der Waals surface area contributed by atoms with Gasteiger partial charge in [-0.2, -0.15) is 8.78 Å². The van der Waals surface area contributed by atoms with E-state index in [1.165, 1.54) is 12.1 Å². The molecular formula is C18H14ClF2NO5. The molecule has 2 amide bonds. The summed E-state index contributed by atoms with van der Waals surface area (Å²) in [5, 5.41) is 2.55. The van der Waals surface area contributed by atoms with E-state index in [4.69, 9.17) is 16.3 Å². The van der Waals surface area contributed by atoms with Crippen LogP contribution in [0.4, 0.5) is 8.78 Å². The molecule has 2 aromatic carbocycles. The third-order valence-corrected chi connectivity index (χ3v) is 3.47. The van der Waals surface area contributed by atoms with Crippen molar-refractivity contribution < 1.29 is 32.6 Å². The smallest absolute Gasteiger partial charge is 0.387 e. The Bertz CT molecular complexity index is 810. The molecule has 6 nitrogen and oxygen atoms in total. The summed E-state index contributed by atoms with van der Waals surface area (Å²) in [4.78, 5) is 35.3. The van der Waals surface area contributed by atoms with Crippen LogP contribution in [-0.2, 0) is 20.7 Å². The van der Waals surface area contributed by atoms with Crippen LogP contribution in [0.25, 0.3) is 0 Å². The molecule has 27 heavy (non-hydrogen) atoms. The summed E-state index contributed by atoms with van der Waals surface area (Å²) in [6.07, 6.45) is -0.0516. The van der Waals surface area contributed by atoms with E-state index in [-0.39, 0.29) is 17.7 Å². The summed E-state index contributed by atoms with van der Waals surface area (Å²) in [7, 11) is 0. The predicted octanol–water partition coefficient (Wildman–Crippen LogP) is 2.98. The lowest BCUT2D eigenvalue weighted by atomic mass is 10.1. The average molecular weight is 398 g/mol. The number of alkyl halides is 2. The van der Waals surface area contributed by atoms with E-state index in [0.29, 0.717) is 10.6 Å². The second-order valence-electron chi connectivity index (χ2n) is 5.24. The number of amides is 2. The largest absolute Gasteiger partial charge is 0.455 e. The number of hydrogen-bond acceptors (Lipinski definition) is 5. The first-order valence-corrected chi connectivity index (χ1v) is 8.00. The monoisotopic (exact) mass is 397 g/mol. The van der Waals surface area contributed by atoms with Gasteiger partial charge in [0, 0.05) is 10.6 Å². The topological polar surface area (TPSA) is 81.7 Å². The molecule has 0 heterocycles. The molecule has 0 atom stereocenters. The van der Waals surface area contributed by atoms with Crippen molar-refractivity contribution in [3.05, 3.63) is 64.7 Å². The van der Waals surface area contributed by atoms with E-state index < -0.39 is 31.0 Å². The van der Waals surface area contributed by atoms with E-state index in [9.17, 15) is 23.2 Å². The summed E-state index contributed by atoms with van der Waals surface area (Å²) in [5.74, 6) is -2.35. The number of imide groups is 1. The van der Waals surface area contributed by atoms with Crippen molar-refractivity contribution in [2.24, 2.45) is 0 Å². The number of carbonyl (C=O) groups is 3. The van der Waals surface area contributed by atoms with Crippen molar-refractivity contribution in [3.63, 3.8) is 0 Å². The number of rotatable bonds is 7. The Hall–Kier alpha value is -3.00. The molecule has 1 N–H and O–H groups in total. The van der Waals surface area contributed by atoms with Crippen LogP contribution >= 0.6 is 11.6 Å². The quantitative estimate of drug-likeness (QED) is 0.726. The van der Waals surface area contributed by atoms with Gasteiger partial charge in [-0.05, 0) is 42.0 Å². The van der Waals surface area contributed by atoms with E-state index in [2.05, 4.69) is 4.74 Å². The zero-order valence-electron chi connectivity index (χ0n) is 13.8. The lowest BCUT2D eigenvalue weighted by molar-refractivity contribution is -0.147. The van der Waals surface area contributed by atoms with Gasteiger partial charge in [0.25, 0.3) is 11.8 Å². The molecule has 0 bridgehead atoms. The van der Waals surface area contributed by atoms with Gasteiger partial charge in [0.15, 0.2) is 6.61 Å². The molecule has 0 aliphatic carbocycles. The number of nitrogens with one attached hydrogen (secondary N) is 1. The molecule has 0 spiro atoms. The zero-order valence-corrected chi connectivity index (χ0v) is 14.5. The third-order valence-electron chi connectivity index (χ3n) is 3.22. The van der Waals surface area contributed by atoms with Crippen LogP contribution in [-0.4, -0.2) is 31.0 Å². The molecular weight excluding hydrogens is 384 g/mol. The molecule has 0 aromatic heterocycles. The van der Waals surface area contributed by atoms with Gasteiger partial charge in [-0.3, -0.25) is 19.7 Å². The molecule has 0 saturated carbocycles. The Morgan fingerprint density at radius 3 is 2.22 bits per heavy atom. The molecule has 0 saturated heterocycles. The van der Waals surface area contributed by atoms with Gasteiger partial charge in [-0.15, -0.1) is 0 Å². The molecule has 0 aliphatic heterocycles. The second-order valence-corrected chi connectivity index (χ2v) is 5.68. The van der Waals surface area contributed by atoms with Gasteiger partial charge in [-0.1, -0.05) is 23.7 Å². The lowest BCUT2D eigenvalue weighted by Crippen LogP contribution is -2.34. The first kappa shape index (κ1) is 20.3. The highest BCUT2D eigenvalue weighted by atomic mass is 35.5. The fraction of sp³-hybridized carbons (Fsp3) is 0.167. The van der Waals surface area contributed by atoms with Crippen molar-refractivity contribution in [3.8, 4) is 5.75 Å². The van der Waals surface area contributed by atoms with Crippen molar-refractivity contribution >= 4 is 29.4 Å². The maximum atomic E-state index is 12.1. The van der Waals surface area contributed by atoms with Crippen LogP contribution in [0.15, 0.2) is 48.5 Å². The first-order chi connectivity index (χ1) is 12.8. The summed E-state index contributed by atoms with van der Waals surface area (Å²) in [5.41, 5.74) is 0.712. The molecule has 0 radical (unpaired) electrons. The molecule has 142 valence electrons. The maximum Gasteiger partial charge on any atom is 0.387 e. The Labute approximate surface area is 158 Å².